The standard InChI is InChI=1S/C9H16O2/c1-3-4-5-6-7-8-11-9(2)10/h7-8H,3-6H2,1-2H3/b8-7+. The molecule has 2 nitrogen and oxygen atoms in total. The minimum Gasteiger partial charge on any atom is -0.435 e. The van der Waals surface area contributed by atoms with Crippen LogP contribution in [-0.2, 0) is 9.53 Å². The average molecular weight is 156 g/mol. The maximum Gasteiger partial charge on any atom is 0.307 e. The first kappa shape index (κ1) is 10.2. The van der Waals surface area contributed by atoms with Crippen LogP contribution >= 0.6 is 0 Å². The molecule has 0 fully saturated rings. The number of hydrogen-bond donors (Lipinski definition) is 0. The van der Waals surface area contributed by atoms with Crippen LogP contribution in [-0.4, -0.2) is 5.97 Å². The zero-order valence-corrected chi connectivity index (χ0v) is 7.30. The molecule has 0 aromatic heterocycles. The van der Waals surface area contributed by atoms with E-state index in [2.05, 4.69) is 11.7 Å². The highest BCUT2D eigenvalue weighted by Crippen LogP contribution is 1.99. The lowest BCUT2D eigenvalue weighted by Gasteiger charge is -1.92. The van der Waals surface area contributed by atoms with Crippen LogP contribution in [0.5, 0.6) is 0 Å². The van der Waals surface area contributed by atoms with Gasteiger partial charge in [-0.25, -0.2) is 0 Å². The van der Waals surface area contributed by atoms with Crippen molar-refractivity contribution in [1.82, 2.24) is 0 Å². The van der Waals surface area contributed by atoms with E-state index in [9.17, 15) is 4.79 Å². The Morgan fingerprint density at radius 3 is 2.73 bits per heavy atom. The molecule has 0 aromatic rings. The molecule has 0 N–H and O–H groups in total. The molecule has 0 rings (SSSR count). The van der Waals surface area contributed by atoms with Crippen LogP contribution in [0.4, 0.5) is 0 Å². The van der Waals surface area contributed by atoms with E-state index in [0.717, 1.165) is 6.42 Å². The van der Waals surface area contributed by atoms with Gasteiger partial charge in [0.2, 0.25) is 0 Å². The number of rotatable bonds is 5. The van der Waals surface area contributed by atoms with Gasteiger partial charge in [-0.3, -0.25) is 4.79 Å². The van der Waals surface area contributed by atoms with Gasteiger partial charge in [0.15, 0.2) is 0 Å². The van der Waals surface area contributed by atoms with E-state index in [0.29, 0.717) is 0 Å². The molecule has 64 valence electrons. The fraction of sp³-hybridized carbons (Fsp3) is 0.667. The molecular weight excluding hydrogens is 140 g/mol. The van der Waals surface area contributed by atoms with Crippen molar-refractivity contribution in [2.45, 2.75) is 39.5 Å². The molecule has 0 aliphatic heterocycles. The fourth-order valence-corrected chi connectivity index (χ4v) is 0.724. The van der Waals surface area contributed by atoms with Gasteiger partial charge in [-0.15, -0.1) is 0 Å². The Morgan fingerprint density at radius 2 is 2.18 bits per heavy atom. The lowest BCUT2D eigenvalue weighted by molar-refractivity contribution is -0.135. The zero-order valence-electron chi connectivity index (χ0n) is 7.30. The summed E-state index contributed by atoms with van der Waals surface area (Å²) < 4.78 is 4.60. The van der Waals surface area contributed by atoms with Gasteiger partial charge in [-0.1, -0.05) is 19.8 Å². The Hall–Kier alpha value is -0.790. The summed E-state index contributed by atoms with van der Waals surface area (Å²) in [5.41, 5.74) is 0. The van der Waals surface area contributed by atoms with Crippen LogP contribution in [0, 0.1) is 0 Å². The Labute approximate surface area is 68.2 Å². The highest BCUT2D eigenvalue weighted by atomic mass is 16.5. The Morgan fingerprint density at radius 1 is 1.45 bits per heavy atom. The lowest BCUT2D eigenvalue weighted by Crippen LogP contribution is -1.89. The minimum absolute atomic E-state index is 0.253. The first-order valence-corrected chi connectivity index (χ1v) is 4.09. The third-order valence-electron chi connectivity index (χ3n) is 1.30. The van der Waals surface area contributed by atoms with Crippen molar-refractivity contribution in [2.24, 2.45) is 0 Å². The van der Waals surface area contributed by atoms with Gasteiger partial charge in [0.05, 0.1) is 6.26 Å². The van der Waals surface area contributed by atoms with Gasteiger partial charge < -0.3 is 4.74 Å². The molecule has 2 heteroatoms. The van der Waals surface area contributed by atoms with E-state index in [-0.39, 0.29) is 5.97 Å². The third-order valence-corrected chi connectivity index (χ3v) is 1.30. The number of allylic oxidation sites excluding steroid dienone is 1. The van der Waals surface area contributed by atoms with Gasteiger partial charge in [-0.05, 0) is 18.9 Å². The van der Waals surface area contributed by atoms with Crippen LogP contribution < -0.4 is 0 Å². The molecule has 0 aliphatic carbocycles. The maximum absolute atomic E-state index is 10.3. The number of carbonyl (C=O) groups is 1. The Bertz CT molecular complexity index is 128. The molecule has 0 saturated heterocycles. The first-order chi connectivity index (χ1) is 5.27. The van der Waals surface area contributed by atoms with E-state index in [1.165, 1.54) is 32.4 Å². The second kappa shape index (κ2) is 7.32. The second-order valence-corrected chi connectivity index (χ2v) is 2.48. The lowest BCUT2D eigenvalue weighted by atomic mass is 10.2. The molecule has 0 saturated carbocycles. The van der Waals surface area contributed by atoms with Crippen LogP contribution in [0.15, 0.2) is 12.3 Å². The molecule has 0 aromatic carbocycles. The normalized spacial score (nSPS) is 10.4. The number of esters is 1. The predicted octanol–water partition coefficient (Wildman–Crippen LogP) is 2.64. The van der Waals surface area contributed by atoms with Crippen molar-refractivity contribution in [2.75, 3.05) is 0 Å². The van der Waals surface area contributed by atoms with Crippen molar-refractivity contribution in [1.29, 1.82) is 0 Å². The van der Waals surface area contributed by atoms with Crippen molar-refractivity contribution in [3.05, 3.63) is 12.3 Å². The van der Waals surface area contributed by atoms with Crippen molar-refractivity contribution in [3.8, 4) is 0 Å². The van der Waals surface area contributed by atoms with Crippen molar-refractivity contribution >= 4 is 5.97 Å². The smallest absolute Gasteiger partial charge is 0.307 e. The molecule has 0 atom stereocenters. The first-order valence-electron chi connectivity index (χ1n) is 4.09. The molecule has 0 heterocycles. The fourth-order valence-electron chi connectivity index (χ4n) is 0.724. The van der Waals surface area contributed by atoms with Crippen molar-refractivity contribution < 1.29 is 9.53 Å². The molecule has 0 unspecified atom stereocenters. The molecule has 0 bridgehead atoms. The van der Waals surface area contributed by atoms with Gasteiger partial charge in [0.1, 0.15) is 0 Å². The monoisotopic (exact) mass is 156 g/mol. The SMILES string of the molecule is CCCCC/C=C/OC(C)=O. The summed E-state index contributed by atoms with van der Waals surface area (Å²) in [6, 6.07) is 0. The van der Waals surface area contributed by atoms with Crippen LogP contribution in [0.1, 0.15) is 39.5 Å². The van der Waals surface area contributed by atoms with Crippen molar-refractivity contribution in [3.63, 3.8) is 0 Å². The highest BCUT2D eigenvalue weighted by molar-refractivity contribution is 5.66. The van der Waals surface area contributed by atoms with E-state index in [1.54, 1.807) is 0 Å². The van der Waals surface area contributed by atoms with E-state index in [1.807, 2.05) is 6.08 Å². The number of unbranched alkanes of at least 4 members (excludes halogenated alkanes) is 3. The van der Waals surface area contributed by atoms with Crippen LogP contribution in [0.25, 0.3) is 0 Å². The number of carbonyl (C=O) groups excluding carboxylic acids is 1. The summed E-state index contributed by atoms with van der Waals surface area (Å²) in [4.78, 5) is 10.3. The van der Waals surface area contributed by atoms with E-state index >= 15 is 0 Å². The zero-order chi connectivity index (χ0) is 8.53. The molecule has 0 radical (unpaired) electrons. The number of ether oxygens (including phenoxy) is 1. The molecule has 11 heavy (non-hydrogen) atoms. The molecule has 0 spiro atoms. The Kier molecular flexibility index (Phi) is 6.79. The predicted molar refractivity (Wildman–Crippen MR) is 45.0 cm³/mol. The van der Waals surface area contributed by atoms with E-state index < -0.39 is 0 Å². The number of hydrogen-bond acceptors (Lipinski definition) is 2. The van der Waals surface area contributed by atoms with Gasteiger partial charge in [0.25, 0.3) is 0 Å². The van der Waals surface area contributed by atoms with E-state index in [4.69, 9.17) is 0 Å². The van der Waals surface area contributed by atoms with Gasteiger partial charge in [-0.2, -0.15) is 0 Å². The molecule has 0 amide bonds. The van der Waals surface area contributed by atoms with Crippen LogP contribution in [0.2, 0.25) is 0 Å². The summed E-state index contributed by atoms with van der Waals surface area (Å²) in [5.74, 6) is -0.253. The summed E-state index contributed by atoms with van der Waals surface area (Å²) in [6.07, 6.45) is 8.00. The second-order valence-electron chi connectivity index (χ2n) is 2.48. The minimum atomic E-state index is -0.253. The quantitative estimate of drug-likeness (QED) is 0.347. The van der Waals surface area contributed by atoms with Crippen LogP contribution in [0.3, 0.4) is 0 Å². The maximum atomic E-state index is 10.3. The van der Waals surface area contributed by atoms with Gasteiger partial charge in [0, 0.05) is 6.92 Å². The average Bonchev–Trinajstić information content (AvgIpc) is 1.96. The Balaban J connectivity index is 3.10. The molecule has 0 aliphatic rings. The summed E-state index contributed by atoms with van der Waals surface area (Å²) >= 11 is 0. The summed E-state index contributed by atoms with van der Waals surface area (Å²) in [7, 11) is 0. The highest BCUT2D eigenvalue weighted by Gasteiger charge is 1.84. The summed E-state index contributed by atoms with van der Waals surface area (Å²) in [6.45, 7) is 3.56. The third kappa shape index (κ3) is 9.21. The topological polar surface area (TPSA) is 26.3 Å². The summed E-state index contributed by atoms with van der Waals surface area (Å²) in [5, 5.41) is 0. The van der Waals surface area contributed by atoms with Gasteiger partial charge >= 0.3 is 5.97 Å². The molecular formula is C9H16O2. The largest absolute Gasteiger partial charge is 0.435 e.